The predicted octanol–water partition coefficient (Wildman–Crippen LogP) is 1.91. The number of benzene rings is 1. The van der Waals surface area contributed by atoms with Crippen molar-refractivity contribution in [2.45, 2.75) is 32.1 Å². The second kappa shape index (κ2) is 7.34. The van der Waals surface area contributed by atoms with Crippen LogP contribution in [0, 0.1) is 5.41 Å². The minimum absolute atomic E-state index is 0.0199. The van der Waals surface area contributed by atoms with Crippen molar-refractivity contribution in [2.24, 2.45) is 5.41 Å². The number of hydrogen-bond donors (Lipinski definition) is 1. The molecule has 1 N–H and O–H groups in total. The number of aliphatic hydroxyl groups is 1. The molecule has 2 heterocycles. The van der Waals surface area contributed by atoms with Crippen LogP contribution in [0.4, 0.5) is 0 Å². The molecule has 3 rings (SSSR count). The summed E-state index contributed by atoms with van der Waals surface area (Å²) in [5, 5.41) is 9.04. The first-order valence-corrected chi connectivity index (χ1v) is 8.87. The van der Waals surface area contributed by atoms with Gasteiger partial charge in [-0.15, -0.1) is 0 Å². The van der Waals surface area contributed by atoms with E-state index in [0.29, 0.717) is 25.9 Å². The minimum atomic E-state index is 0.0199. The van der Waals surface area contributed by atoms with Gasteiger partial charge in [-0.3, -0.25) is 9.59 Å². The van der Waals surface area contributed by atoms with E-state index < -0.39 is 0 Å². The molecule has 0 aliphatic carbocycles. The second-order valence-corrected chi connectivity index (χ2v) is 7.09. The van der Waals surface area contributed by atoms with Gasteiger partial charge < -0.3 is 14.9 Å². The third-order valence-corrected chi connectivity index (χ3v) is 5.30. The van der Waals surface area contributed by atoms with E-state index in [1.54, 1.807) is 0 Å². The summed E-state index contributed by atoms with van der Waals surface area (Å²) >= 11 is 0. The van der Waals surface area contributed by atoms with Crippen LogP contribution in [0.25, 0.3) is 0 Å². The maximum absolute atomic E-state index is 12.8. The maximum atomic E-state index is 12.8. The smallest absolute Gasteiger partial charge is 0.253 e. The summed E-state index contributed by atoms with van der Waals surface area (Å²) in [6.07, 6.45) is 4.09. The molecular formula is C19H26N2O3. The fourth-order valence-electron chi connectivity index (χ4n) is 4.05. The van der Waals surface area contributed by atoms with Gasteiger partial charge in [0, 0.05) is 50.2 Å². The first-order valence-electron chi connectivity index (χ1n) is 8.87. The molecule has 1 aromatic rings. The van der Waals surface area contributed by atoms with Crippen LogP contribution in [0.2, 0.25) is 0 Å². The highest BCUT2D eigenvalue weighted by molar-refractivity contribution is 5.94. The number of rotatable bonds is 4. The third kappa shape index (κ3) is 3.61. The fourth-order valence-corrected chi connectivity index (χ4v) is 4.05. The Morgan fingerprint density at radius 2 is 1.96 bits per heavy atom. The van der Waals surface area contributed by atoms with Gasteiger partial charge in [-0.2, -0.15) is 0 Å². The maximum Gasteiger partial charge on any atom is 0.253 e. The zero-order valence-electron chi connectivity index (χ0n) is 14.1. The van der Waals surface area contributed by atoms with Gasteiger partial charge in [-0.25, -0.2) is 0 Å². The average molecular weight is 330 g/mol. The van der Waals surface area contributed by atoms with Crippen LogP contribution < -0.4 is 0 Å². The Hall–Kier alpha value is -1.88. The number of amides is 2. The van der Waals surface area contributed by atoms with E-state index >= 15 is 0 Å². The van der Waals surface area contributed by atoms with E-state index in [1.165, 1.54) is 0 Å². The van der Waals surface area contributed by atoms with Crippen LogP contribution >= 0.6 is 0 Å². The molecule has 130 valence electrons. The highest BCUT2D eigenvalue weighted by Gasteiger charge is 2.42. The number of likely N-dealkylation sites (tertiary alicyclic amines) is 2. The van der Waals surface area contributed by atoms with Crippen molar-refractivity contribution in [1.82, 2.24) is 9.80 Å². The van der Waals surface area contributed by atoms with Gasteiger partial charge in [-0.1, -0.05) is 18.2 Å². The van der Waals surface area contributed by atoms with E-state index in [9.17, 15) is 9.59 Å². The standard InChI is InChI=1S/C19H26N2O3/c22-13-5-12-20-14-19(10-8-17(20)23)9-4-11-21(15-19)18(24)16-6-2-1-3-7-16/h1-3,6-7,22H,4-5,8-15H2/t19-/m0/s1. The van der Waals surface area contributed by atoms with Gasteiger partial charge in [0.2, 0.25) is 5.91 Å². The normalized spacial score (nSPS) is 24.5. The van der Waals surface area contributed by atoms with Crippen LogP contribution in [-0.2, 0) is 4.79 Å². The molecule has 2 aliphatic rings. The van der Waals surface area contributed by atoms with Crippen LogP contribution in [0.1, 0.15) is 42.5 Å². The van der Waals surface area contributed by atoms with Crippen molar-refractivity contribution in [3.8, 4) is 0 Å². The summed E-state index contributed by atoms with van der Waals surface area (Å²) in [4.78, 5) is 28.7. The highest BCUT2D eigenvalue weighted by atomic mass is 16.3. The summed E-state index contributed by atoms with van der Waals surface area (Å²) in [6.45, 7) is 2.95. The molecule has 0 aromatic heterocycles. The number of aliphatic hydroxyl groups excluding tert-OH is 1. The van der Waals surface area contributed by atoms with E-state index in [4.69, 9.17) is 5.11 Å². The van der Waals surface area contributed by atoms with E-state index in [0.717, 1.165) is 37.9 Å². The Bertz CT molecular complexity index is 590. The largest absolute Gasteiger partial charge is 0.396 e. The molecule has 0 radical (unpaired) electrons. The molecule has 0 saturated carbocycles. The first-order chi connectivity index (χ1) is 11.6. The van der Waals surface area contributed by atoms with Crippen molar-refractivity contribution in [2.75, 3.05) is 32.8 Å². The monoisotopic (exact) mass is 330 g/mol. The Labute approximate surface area is 143 Å². The molecule has 5 heteroatoms. The summed E-state index contributed by atoms with van der Waals surface area (Å²) in [6, 6.07) is 9.43. The summed E-state index contributed by atoms with van der Waals surface area (Å²) < 4.78 is 0. The zero-order valence-corrected chi connectivity index (χ0v) is 14.1. The Balaban J connectivity index is 1.70. The van der Waals surface area contributed by atoms with E-state index in [1.807, 2.05) is 40.1 Å². The molecule has 2 fully saturated rings. The quantitative estimate of drug-likeness (QED) is 0.917. The summed E-state index contributed by atoms with van der Waals surface area (Å²) in [5.74, 6) is 0.272. The number of nitrogens with zero attached hydrogens (tertiary/aromatic N) is 2. The second-order valence-electron chi connectivity index (χ2n) is 7.09. The lowest BCUT2D eigenvalue weighted by atomic mass is 9.73. The average Bonchev–Trinajstić information content (AvgIpc) is 2.63. The topological polar surface area (TPSA) is 60.9 Å². The minimum Gasteiger partial charge on any atom is -0.396 e. The van der Waals surface area contributed by atoms with Crippen molar-refractivity contribution < 1.29 is 14.7 Å². The zero-order chi connectivity index (χ0) is 17.0. The molecule has 2 saturated heterocycles. The Morgan fingerprint density at radius 3 is 2.71 bits per heavy atom. The van der Waals surface area contributed by atoms with Crippen LogP contribution in [0.15, 0.2) is 30.3 Å². The van der Waals surface area contributed by atoms with Crippen LogP contribution in [0.3, 0.4) is 0 Å². The predicted molar refractivity (Wildman–Crippen MR) is 91.5 cm³/mol. The number of piperidine rings is 2. The number of carbonyl (C=O) groups excluding carboxylic acids is 2. The first kappa shape index (κ1) is 17.0. The fraction of sp³-hybridized carbons (Fsp3) is 0.579. The third-order valence-electron chi connectivity index (χ3n) is 5.30. The lowest BCUT2D eigenvalue weighted by molar-refractivity contribution is -0.139. The molecule has 24 heavy (non-hydrogen) atoms. The van der Waals surface area contributed by atoms with E-state index in [2.05, 4.69) is 0 Å². The van der Waals surface area contributed by atoms with E-state index in [-0.39, 0.29) is 23.8 Å². The molecule has 2 amide bonds. The van der Waals surface area contributed by atoms with Gasteiger partial charge in [0.05, 0.1) is 0 Å². The van der Waals surface area contributed by atoms with Gasteiger partial charge in [0.15, 0.2) is 0 Å². The molecular weight excluding hydrogens is 304 g/mol. The van der Waals surface area contributed by atoms with Gasteiger partial charge in [-0.05, 0) is 37.8 Å². The summed E-state index contributed by atoms with van der Waals surface area (Å²) in [5.41, 5.74) is 0.755. The van der Waals surface area contributed by atoms with Crippen molar-refractivity contribution in [3.05, 3.63) is 35.9 Å². The molecule has 1 aromatic carbocycles. The Kier molecular flexibility index (Phi) is 5.19. The van der Waals surface area contributed by atoms with Gasteiger partial charge in [0.1, 0.15) is 0 Å². The SMILES string of the molecule is O=C1CC[C@@]2(CCCN(C(=O)c3ccccc3)C2)CN1CCCO. The molecule has 5 nitrogen and oxygen atoms in total. The van der Waals surface area contributed by atoms with Crippen molar-refractivity contribution in [3.63, 3.8) is 0 Å². The lowest BCUT2D eigenvalue weighted by Crippen LogP contribution is -2.55. The van der Waals surface area contributed by atoms with Crippen LogP contribution in [-0.4, -0.2) is 59.5 Å². The lowest BCUT2D eigenvalue weighted by Gasteiger charge is -2.48. The molecule has 1 atom stereocenters. The van der Waals surface area contributed by atoms with Crippen molar-refractivity contribution >= 4 is 11.8 Å². The van der Waals surface area contributed by atoms with Gasteiger partial charge >= 0.3 is 0 Å². The summed E-state index contributed by atoms with van der Waals surface area (Å²) in [7, 11) is 0. The number of carbonyl (C=O) groups is 2. The highest BCUT2D eigenvalue weighted by Crippen LogP contribution is 2.39. The molecule has 2 aliphatic heterocycles. The van der Waals surface area contributed by atoms with Crippen molar-refractivity contribution in [1.29, 1.82) is 0 Å². The number of hydrogen-bond acceptors (Lipinski definition) is 3. The van der Waals surface area contributed by atoms with Crippen LogP contribution in [0.5, 0.6) is 0 Å². The Morgan fingerprint density at radius 1 is 1.17 bits per heavy atom. The molecule has 0 unspecified atom stereocenters. The van der Waals surface area contributed by atoms with Gasteiger partial charge in [0.25, 0.3) is 5.91 Å². The molecule has 0 bridgehead atoms. The molecule has 1 spiro atoms.